The molecule has 3 unspecified atom stereocenters. The molecular weight excluding hydrogens is 458 g/mol. The zero-order chi connectivity index (χ0) is 26.3. The molecule has 0 bridgehead atoms. The molecule has 36 heavy (non-hydrogen) atoms. The minimum absolute atomic E-state index is 0.104. The fraction of sp³-hybridized carbons (Fsp3) is 0.643. The predicted molar refractivity (Wildman–Crippen MR) is 139 cm³/mol. The minimum Gasteiger partial charge on any atom is -0.445 e. The number of ether oxygens (including phenoxy) is 1. The van der Waals surface area contributed by atoms with Crippen molar-refractivity contribution in [2.45, 2.75) is 103 Å². The van der Waals surface area contributed by atoms with Crippen LogP contribution in [0, 0.1) is 11.8 Å². The van der Waals surface area contributed by atoms with Crippen LogP contribution in [0.5, 0.6) is 0 Å². The summed E-state index contributed by atoms with van der Waals surface area (Å²) < 4.78 is 5.36. The van der Waals surface area contributed by atoms with Crippen LogP contribution in [0.25, 0.3) is 0 Å². The van der Waals surface area contributed by atoms with Gasteiger partial charge in [0.1, 0.15) is 25.0 Å². The van der Waals surface area contributed by atoms with E-state index in [0.717, 1.165) is 44.0 Å². The van der Waals surface area contributed by atoms with Gasteiger partial charge in [0, 0.05) is 0 Å². The van der Waals surface area contributed by atoms with Gasteiger partial charge < -0.3 is 25.5 Å². The molecule has 3 atom stereocenters. The molecule has 0 aliphatic heterocycles. The lowest BCUT2D eigenvalue weighted by atomic mass is 9.84. The van der Waals surface area contributed by atoms with Crippen LogP contribution >= 0.6 is 0 Å². The van der Waals surface area contributed by atoms with Gasteiger partial charge in [-0.3, -0.25) is 9.59 Å². The van der Waals surface area contributed by atoms with Crippen molar-refractivity contribution in [2.24, 2.45) is 11.8 Å². The highest BCUT2D eigenvalue weighted by atomic mass is 16.5. The van der Waals surface area contributed by atoms with Gasteiger partial charge in [-0.05, 0) is 36.7 Å². The average molecular weight is 502 g/mol. The molecule has 0 heterocycles. The lowest BCUT2D eigenvalue weighted by Crippen LogP contribution is -2.55. The van der Waals surface area contributed by atoms with Crippen LogP contribution < -0.4 is 16.0 Å². The van der Waals surface area contributed by atoms with E-state index in [4.69, 9.17) is 4.74 Å². The molecule has 1 aromatic rings. The number of nitrogens with one attached hydrogen (secondary N) is 3. The Morgan fingerprint density at radius 2 is 1.64 bits per heavy atom. The molecule has 0 saturated heterocycles. The summed E-state index contributed by atoms with van der Waals surface area (Å²) in [6, 6.07) is 7.15. The molecule has 8 nitrogen and oxygen atoms in total. The molecule has 200 valence electrons. The molecule has 1 aromatic carbocycles. The van der Waals surface area contributed by atoms with Gasteiger partial charge in [-0.2, -0.15) is 0 Å². The summed E-state index contributed by atoms with van der Waals surface area (Å²) in [4.78, 5) is 50.3. The second-order valence-electron chi connectivity index (χ2n) is 10.2. The molecule has 0 radical (unpaired) electrons. The van der Waals surface area contributed by atoms with E-state index >= 15 is 0 Å². The maximum Gasteiger partial charge on any atom is 0.408 e. The first-order valence-corrected chi connectivity index (χ1v) is 13.4. The first-order chi connectivity index (χ1) is 17.3. The quantitative estimate of drug-likeness (QED) is 0.330. The van der Waals surface area contributed by atoms with Gasteiger partial charge in [0.2, 0.25) is 11.8 Å². The smallest absolute Gasteiger partial charge is 0.408 e. The third kappa shape index (κ3) is 10.8. The molecule has 3 amide bonds. The van der Waals surface area contributed by atoms with Crippen molar-refractivity contribution in [3.8, 4) is 0 Å². The Labute approximate surface area is 215 Å². The maximum absolute atomic E-state index is 13.4. The maximum atomic E-state index is 13.4. The normalized spacial score (nSPS) is 16.4. The molecular formula is C28H43N3O5. The van der Waals surface area contributed by atoms with Crippen molar-refractivity contribution in [3.05, 3.63) is 35.9 Å². The van der Waals surface area contributed by atoms with Gasteiger partial charge in [-0.25, -0.2) is 4.79 Å². The lowest BCUT2D eigenvalue weighted by molar-refractivity contribution is -0.131. The van der Waals surface area contributed by atoms with Gasteiger partial charge in [-0.15, -0.1) is 0 Å². The van der Waals surface area contributed by atoms with Crippen LogP contribution in [0.1, 0.15) is 84.1 Å². The topological polar surface area (TPSA) is 114 Å². The highest BCUT2D eigenvalue weighted by Gasteiger charge is 2.30. The summed E-state index contributed by atoms with van der Waals surface area (Å²) in [5, 5.41) is 8.34. The van der Waals surface area contributed by atoms with Crippen LogP contribution in [0.15, 0.2) is 30.3 Å². The van der Waals surface area contributed by atoms with E-state index in [2.05, 4.69) is 16.0 Å². The third-order valence-electron chi connectivity index (χ3n) is 6.55. The van der Waals surface area contributed by atoms with Crippen LogP contribution in [0.2, 0.25) is 0 Å². The minimum atomic E-state index is -0.809. The van der Waals surface area contributed by atoms with E-state index in [9.17, 15) is 19.2 Å². The SMILES string of the molecule is CCCC(C=O)NC(=O)C(CC(C)C)NC(=O)C(CC1CCCCC1)NC(=O)OCc1ccccc1. The van der Waals surface area contributed by atoms with Gasteiger partial charge >= 0.3 is 6.09 Å². The number of benzene rings is 1. The van der Waals surface area contributed by atoms with Crippen molar-refractivity contribution < 1.29 is 23.9 Å². The summed E-state index contributed by atoms with van der Waals surface area (Å²) in [5.41, 5.74) is 0.853. The summed E-state index contributed by atoms with van der Waals surface area (Å²) in [5.74, 6) is -0.324. The fourth-order valence-electron chi connectivity index (χ4n) is 4.64. The van der Waals surface area contributed by atoms with E-state index in [-0.39, 0.29) is 18.4 Å². The van der Waals surface area contributed by atoms with Crippen LogP contribution in [0.3, 0.4) is 0 Å². The van der Waals surface area contributed by atoms with E-state index in [1.54, 1.807) is 0 Å². The van der Waals surface area contributed by atoms with Gasteiger partial charge in [-0.1, -0.05) is 89.6 Å². The number of aldehydes is 1. The fourth-order valence-corrected chi connectivity index (χ4v) is 4.64. The summed E-state index contributed by atoms with van der Waals surface area (Å²) in [7, 11) is 0. The zero-order valence-electron chi connectivity index (χ0n) is 22.0. The number of hydrogen-bond donors (Lipinski definition) is 3. The Balaban J connectivity index is 2.08. The third-order valence-corrected chi connectivity index (χ3v) is 6.55. The number of hydrogen-bond acceptors (Lipinski definition) is 5. The van der Waals surface area contributed by atoms with Crippen LogP contribution in [-0.4, -0.2) is 42.3 Å². The highest BCUT2D eigenvalue weighted by molar-refractivity contribution is 5.92. The Morgan fingerprint density at radius 1 is 0.972 bits per heavy atom. The van der Waals surface area contributed by atoms with Crippen LogP contribution in [0.4, 0.5) is 4.79 Å². The van der Waals surface area contributed by atoms with E-state index < -0.39 is 30.1 Å². The van der Waals surface area contributed by atoms with Gasteiger partial charge in [0.15, 0.2) is 0 Å². The largest absolute Gasteiger partial charge is 0.445 e. The molecule has 1 aliphatic rings. The predicted octanol–water partition coefficient (Wildman–Crippen LogP) is 4.27. The molecule has 2 rings (SSSR count). The summed E-state index contributed by atoms with van der Waals surface area (Å²) >= 11 is 0. The van der Waals surface area contributed by atoms with Crippen molar-refractivity contribution in [2.75, 3.05) is 0 Å². The summed E-state index contributed by atoms with van der Waals surface area (Å²) in [6.45, 7) is 5.98. The van der Waals surface area contributed by atoms with Crippen molar-refractivity contribution in [1.29, 1.82) is 0 Å². The van der Waals surface area contributed by atoms with Crippen molar-refractivity contribution in [3.63, 3.8) is 0 Å². The first-order valence-electron chi connectivity index (χ1n) is 13.4. The van der Waals surface area contributed by atoms with Gasteiger partial charge in [0.05, 0.1) is 6.04 Å². The monoisotopic (exact) mass is 501 g/mol. The van der Waals surface area contributed by atoms with Crippen molar-refractivity contribution >= 4 is 24.2 Å². The zero-order valence-corrected chi connectivity index (χ0v) is 22.0. The molecule has 0 spiro atoms. The molecule has 0 aromatic heterocycles. The molecule has 1 aliphatic carbocycles. The number of alkyl carbamates (subject to hydrolysis) is 1. The number of carbonyl (C=O) groups is 4. The molecule has 1 fully saturated rings. The lowest BCUT2D eigenvalue weighted by Gasteiger charge is -2.28. The molecule has 1 saturated carbocycles. The second-order valence-corrected chi connectivity index (χ2v) is 10.2. The highest BCUT2D eigenvalue weighted by Crippen LogP contribution is 2.27. The van der Waals surface area contributed by atoms with Gasteiger partial charge in [0.25, 0.3) is 0 Å². The average Bonchev–Trinajstić information content (AvgIpc) is 2.87. The molecule has 3 N–H and O–H groups in total. The standard InChI is InChI=1S/C28H43N3O5/c1-4-11-23(18-32)29-26(33)24(16-20(2)3)30-27(34)25(17-21-12-7-5-8-13-21)31-28(35)36-19-22-14-9-6-10-15-22/h6,9-10,14-15,18,20-21,23-25H,4-5,7-8,11-13,16-17,19H2,1-3H3,(H,29,33)(H,30,34)(H,31,35). The van der Waals surface area contributed by atoms with Crippen LogP contribution in [-0.2, 0) is 25.7 Å². The Hall–Kier alpha value is -2.90. The first kappa shape index (κ1) is 29.3. The number of rotatable bonds is 14. The van der Waals surface area contributed by atoms with E-state index in [1.807, 2.05) is 51.1 Å². The Morgan fingerprint density at radius 3 is 2.25 bits per heavy atom. The second kappa shape index (κ2) is 16.0. The van der Waals surface area contributed by atoms with E-state index in [1.165, 1.54) is 6.42 Å². The van der Waals surface area contributed by atoms with E-state index in [0.29, 0.717) is 25.2 Å². The number of carbonyl (C=O) groups excluding carboxylic acids is 4. The molecule has 8 heteroatoms. The Bertz CT molecular complexity index is 824. The summed E-state index contributed by atoms with van der Waals surface area (Å²) in [6.07, 6.45) is 7.71. The van der Waals surface area contributed by atoms with Crippen molar-refractivity contribution in [1.82, 2.24) is 16.0 Å². The number of amides is 3. The Kier molecular flexibility index (Phi) is 13.0.